The number of fused-ring (bicyclic) bond motifs is 1. The van der Waals surface area contributed by atoms with E-state index in [1.165, 1.54) is 4.68 Å². The smallest absolute Gasteiger partial charge is 0.438 e. The molecule has 1 N–H and O–H groups in total. The van der Waals surface area contributed by atoms with Crippen LogP contribution in [0.15, 0.2) is 44.7 Å². The number of carbonyl (C=O) groups excluding carboxylic acids is 1. The van der Waals surface area contributed by atoms with Crippen LogP contribution in [0, 0.1) is 22.7 Å². The monoisotopic (exact) mass is 479 g/mol. The Morgan fingerprint density at radius 2 is 2.09 bits per heavy atom. The number of aromatic amines is 1. The summed E-state index contributed by atoms with van der Waals surface area (Å²) in [6.45, 7) is 6.73. The van der Waals surface area contributed by atoms with Gasteiger partial charge in [0.05, 0.1) is 18.4 Å². The lowest BCUT2D eigenvalue weighted by molar-refractivity contribution is -0.672. The number of ketones is 1. The molecule has 0 aliphatic heterocycles. The van der Waals surface area contributed by atoms with E-state index in [1.807, 2.05) is 6.07 Å². The average Bonchev–Trinajstić information content (AvgIpc) is 3.22. The number of carbonyl (C=O) groups is 1. The number of pyridine rings is 1. The Kier molecular flexibility index (Phi) is 6.62. The minimum Gasteiger partial charge on any atom is -0.497 e. The van der Waals surface area contributed by atoms with E-state index in [0.717, 1.165) is 42.3 Å². The molecule has 0 amide bonds. The maximum atomic E-state index is 13.0. The van der Waals surface area contributed by atoms with Gasteiger partial charge in [0.2, 0.25) is 11.5 Å². The van der Waals surface area contributed by atoms with Gasteiger partial charge in [-0.15, -0.1) is 0 Å². The van der Waals surface area contributed by atoms with Crippen molar-refractivity contribution in [3.8, 4) is 17.5 Å². The molecular formula is C25H27N4O4S+. The number of aryl methyl sites for hydroxylation is 1. The van der Waals surface area contributed by atoms with Crippen molar-refractivity contribution in [2.75, 3.05) is 12.9 Å². The van der Waals surface area contributed by atoms with Gasteiger partial charge in [-0.2, -0.15) is 5.26 Å². The van der Waals surface area contributed by atoms with E-state index in [4.69, 9.17) is 14.2 Å². The van der Waals surface area contributed by atoms with Gasteiger partial charge in [-0.05, 0) is 64.3 Å². The van der Waals surface area contributed by atoms with Crippen LogP contribution in [-0.2, 0) is 12.8 Å². The Morgan fingerprint density at radius 1 is 1.35 bits per heavy atom. The Balaban J connectivity index is 1.55. The van der Waals surface area contributed by atoms with E-state index in [-0.39, 0.29) is 16.9 Å². The molecule has 2 heterocycles. The summed E-state index contributed by atoms with van der Waals surface area (Å²) >= 11 is 1.16. The highest BCUT2D eigenvalue weighted by Gasteiger charge is 2.32. The Morgan fingerprint density at radius 3 is 2.74 bits per heavy atom. The third-order valence-corrected chi connectivity index (χ3v) is 7.27. The number of rotatable bonds is 6. The lowest BCUT2D eigenvalue weighted by atomic mass is 9.71. The number of hydrogen-bond donors (Lipinski definition) is 1. The molecule has 4 rings (SSSR count). The summed E-state index contributed by atoms with van der Waals surface area (Å²) < 4.78 is 11.3. The molecule has 3 aromatic rings. The summed E-state index contributed by atoms with van der Waals surface area (Å²) in [7, 11) is 1.56. The molecule has 1 aromatic carbocycles. The largest absolute Gasteiger partial charge is 0.497 e. The van der Waals surface area contributed by atoms with Crippen molar-refractivity contribution in [1.29, 1.82) is 5.26 Å². The summed E-state index contributed by atoms with van der Waals surface area (Å²) in [5.74, 6) is 0.709. The minimum absolute atomic E-state index is 0.0517. The van der Waals surface area contributed by atoms with Crippen molar-refractivity contribution < 1.29 is 18.7 Å². The Hall–Kier alpha value is -3.38. The molecule has 34 heavy (non-hydrogen) atoms. The molecule has 1 unspecified atom stereocenters. The van der Waals surface area contributed by atoms with Crippen LogP contribution in [0.3, 0.4) is 0 Å². The minimum atomic E-state index is -0.756. The van der Waals surface area contributed by atoms with Gasteiger partial charge in [0.25, 0.3) is 0 Å². The molecule has 0 bridgehead atoms. The number of hydrogen-bond acceptors (Lipinski definition) is 7. The van der Waals surface area contributed by atoms with Crippen LogP contribution < -0.4 is 15.0 Å². The molecule has 176 valence electrons. The number of nitrogens with zero attached hydrogens (tertiary/aromatic N) is 3. The van der Waals surface area contributed by atoms with Gasteiger partial charge in [-0.3, -0.25) is 9.32 Å². The Labute approximate surface area is 201 Å². The second-order valence-electron chi connectivity index (χ2n) is 9.44. The van der Waals surface area contributed by atoms with E-state index in [1.54, 1.807) is 31.4 Å². The van der Waals surface area contributed by atoms with E-state index in [2.05, 4.69) is 32.1 Å². The van der Waals surface area contributed by atoms with Crippen molar-refractivity contribution in [1.82, 2.24) is 10.3 Å². The lowest BCUT2D eigenvalue weighted by Crippen LogP contribution is -2.41. The average molecular weight is 480 g/mol. The Bertz CT molecular complexity index is 1310. The molecule has 0 saturated carbocycles. The second-order valence-corrected chi connectivity index (χ2v) is 10.4. The molecule has 1 atom stereocenters. The summed E-state index contributed by atoms with van der Waals surface area (Å²) in [5, 5.41) is 12.7. The maximum Gasteiger partial charge on any atom is 0.438 e. The number of methoxy groups -OCH3 is 1. The fourth-order valence-corrected chi connectivity index (χ4v) is 5.04. The predicted octanol–water partition coefficient (Wildman–Crippen LogP) is 3.65. The zero-order valence-corrected chi connectivity index (χ0v) is 20.5. The van der Waals surface area contributed by atoms with Crippen LogP contribution in [0.2, 0.25) is 0 Å². The normalized spacial score (nSPS) is 15.4. The molecule has 0 spiro atoms. The van der Waals surface area contributed by atoms with Crippen LogP contribution >= 0.6 is 11.8 Å². The molecule has 0 saturated heterocycles. The first-order valence-corrected chi connectivity index (χ1v) is 12.1. The maximum absolute atomic E-state index is 13.0. The first kappa shape index (κ1) is 23.8. The number of aromatic nitrogens is 3. The second kappa shape index (κ2) is 9.47. The highest BCUT2D eigenvalue weighted by Crippen LogP contribution is 2.38. The first-order chi connectivity index (χ1) is 16.2. The molecule has 0 fully saturated rings. The predicted molar refractivity (Wildman–Crippen MR) is 126 cm³/mol. The third kappa shape index (κ3) is 4.77. The van der Waals surface area contributed by atoms with Crippen LogP contribution in [0.1, 0.15) is 54.5 Å². The lowest BCUT2D eigenvalue weighted by Gasteiger charge is -2.34. The van der Waals surface area contributed by atoms with E-state index >= 15 is 0 Å². The van der Waals surface area contributed by atoms with E-state index in [9.17, 15) is 14.9 Å². The van der Waals surface area contributed by atoms with Crippen molar-refractivity contribution in [3.05, 3.63) is 63.3 Å². The van der Waals surface area contributed by atoms with Gasteiger partial charge < -0.3 is 4.74 Å². The molecule has 1 aliphatic rings. The van der Waals surface area contributed by atoms with E-state index in [0.29, 0.717) is 27.9 Å². The molecule has 2 aromatic heterocycles. The third-order valence-electron chi connectivity index (χ3n) is 6.28. The number of Topliss-reactive ketones (excluding diaryl/α,β-unsaturated/α-hetero) is 1. The summed E-state index contributed by atoms with van der Waals surface area (Å²) in [5.41, 5.74) is 2.43. The standard InChI is InChI=1S/C25H26N4O4S/c1-25(2,3)17-5-10-20-15(12-17)11-16(13-26)23(27-20)34-14-21(30)22-24(31)33-28-29(22)18-6-8-19(32-4)9-7-18/h6-9,11,17H,5,10,12,14H2,1-4H3/p+1. The van der Waals surface area contributed by atoms with E-state index < -0.39 is 11.4 Å². The zero-order chi connectivity index (χ0) is 24.5. The topological polar surface area (TPSA) is 113 Å². The van der Waals surface area contributed by atoms with Gasteiger partial charge in [-0.1, -0.05) is 32.5 Å². The first-order valence-electron chi connectivity index (χ1n) is 11.1. The van der Waals surface area contributed by atoms with Crippen LogP contribution in [0.4, 0.5) is 0 Å². The number of nitrogens with one attached hydrogen (secondary N) is 1. The summed E-state index contributed by atoms with van der Waals surface area (Å²) in [6, 6.07) is 11.0. The van der Waals surface area contributed by atoms with Gasteiger partial charge in [0, 0.05) is 17.8 Å². The molecule has 8 nitrogen and oxygen atoms in total. The van der Waals surface area contributed by atoms with Gasteiger partial charge in [0.1, 0.15) is 16.8 Å². The summed E-state index contributed by atoms with van der Waals surface area (Å²) in [6.07, 6.45) is 2.80. The molecule has 9 heteroatoms. The molecule has 1 aliphatic carbocycles. The van der Waals surface area contributed by atoms with Crippen LogP contribution in [0.5, 0.6) is 5.75 Å². The number of thioether (sulfide) groups is 1. The fourth-order valence-electron chi connectivity index (χ4n) is 4.20. The van der Waals surface area contributed by atoms with Gasteiger partial charge >= 0.3 is 11.3 Å². The van der Waals surface area contributed by atoms with Crippen molar-refractivity contribution in [2.45, 2.75) is 45.1 Å². The number of H-pyrrole nitrogens is 1. The SMILES string of the molecule is COc1ccc(-[n+]2[nH]oc(=O)c2C(=O)CSc2nc3c(cc2C#N)CC(C(C)(C)C)CC3)cc1. The number of benzene rings is 1. The van der Waals surface area contributed by atoms with Crippen molar-refractivity contribution >= 4 is 17.5 Å². The highest BCUT2D eigenvalue weighted by atomic mass is 32.2. The fraction of sp³-hybridized carbons (Fsp3) is 0.400. The zero-order valence-electron chi connectivity index (χ0n) is 19.7. The molecule has 0 radical (unpaired) electrons. The van der Waals surface area contributed by atoms with Crippen LogP contribution in [-0.4, -0.2) is 28.9 Å². The quantitative estimate of drug-likeness (QED) is 0.326. The number of ether oxygens (including phenoxy) is 1. The van der Waals surface area contributed by atoms with Crippen molar-refractivity contribution in [3.63, 3.8) is 0 Å². The number of nitriles is 1. The van der Waals surface area contributed by atoms with Crippen LogP contribution in [0.25, 0.3) is 5.69 Å². The summed E-state index contributed by atoms with van der Waals surface area (Å²) in [4.78, 5) is 30.0. The van der Waals surface area contributed by atoms with Crippen molar-refractivity contribution in [2.24, 2.45) is 11.3 Å². The van der Waals surface area contributed by atoms with Gasteiger partial charge in [0.15, 0.2) is 0 Å². The van der Waals surface area contributed by atoms with Gasteiger partial charge in [-0.25, -0.2) is 9.78 Å². The highest BCUT2D eigenvalue weighted by molar-refractivity contribution is 8.00. The molecular weight excluding hydrogens is 452 g/mol.